The average Bonchev–Trinajstić information content (AvgIpc) is 3.05. The number of rotatable bonds is 2. The van der Waals surface area contributed by atoms with Crippen molar-refractivity contribution in [3.63, 3.8) is 0 Å². The van der Waals surface area contributed by atoms with Crippen LogP contribution < -0.4 is 5.73 Å². The summed E-state index contributed by atoms with van der Waals surface area (Å²) >= 11 is 0. The van der Waals surface area contributed by atoms with Crippen molar-refractivity contribution in [3.8, 4) is 0 Å². The third-order valence-corrected chi connectivity index (χ3v) is 3.66. The van der Waals surface area contributed by atoms with Gasteiger partial charge in [0.1, 0.15) is 6.04 Å². The van der Waals surface area contributed by atoms with E-state index in [2.05, 4.69) is 4.98 Å². The third-order valence-electron chi connectivity index (χ3n) is 3.66. The summed E-state index contributed by atoms with van der Waals surface area (Å²) < 4.78 is 0. The molecule has 3 rings (SSSR count). The van der Waals surface area contributed by atoms with Crippen LogP contribution in [0.4, 0.5) is 0 Å². The Hall–Kier alpha value is -2.30. The molecule has 5 nitrogen and oxygen atoms in total. The van der Waals surface area contributed by atoms with Gasteiger partial charge in [0, 0.05) is 23.6 Å². The molecule has 0 aliphatic carbocycles. The molecule has 1 atom stereocenters. The van der Waals surface area contributed by atoms with E-state index >= 15 is 0 Å². The summed E-state index contributed by atoms with van der Waals surface area (Å²) in [7, 11) is 0. The molecular formula is C14H15N3O2. The van der Waals surface area contributed by atoms with Gasteiger partial charge in [0.2, 0.25) is 5.91 Å². The zero-order valence-corrected chi connectivity index (χ0v) is 10.4. The molecule has 1 aliphatic rings. The highest BCUT2D eigenvalue weighted by atomic mass is 16.2. The van der Waals surface area contributed by atoms with Crippen molar-refractivity contribution < 1.29 is 9.59 Å². The summed E-state index contributed by atoms with van der Waals surface area (Å²) in [5, 5.41) is 0.877. The summed E-state index contributed by atoms with van der Waals surface area (Å²) in [6.07, 6.45) is 3.18. The SMILES string of the molecule is NC(=O)C1CCCN1C(=O)c1c[nH]c2ccccc12. The van der Waals surface area contributed by atoms with Crippen molar-refractivity contribution in [1.29, 1.82) is 0 Å². The Morgan fingerprint density at radius 2 is 2.11 bits per heavy atom. The van der Waals surface area contributed by atoms with Crippen LogP contribution in [0.3, 0.4) is 0 Å². The second-order valence-electron chi connectivity index (χ2n) is 4.81. The number of carbonyl (C=O) groups is 2. The van der Waals surface area contributed by atoms with Crippen LogP contribution in [0.5, 0.6) is 0 Å². The van der Waals surface area contributed by atoms with E-state index in [1.54, 1.807) is 11.1 Å². The van der Waals surface area contributed by atoms with Gasteiger partial charge < -0.3 is 15.6 Å². The quantitative estimate of drug-likeness (QED) is 0.849. The van der Waals surface area contributed by atoms with E-state index < -0.39 is 11.9 Å². The molecule has 1 aliphatic heterocycles. The number of carbonyl (C=O) groups excluding carboxylic acids is 2. The van der Waals surface area contributed by atoms with Crippen LogP contribution in [-0.4, -0.2) is 34.3 Å². The van der Waals surface area contributed by atoms with Gasteiger partial charge in [-0.2, -0.15) is 0 Å². The van der Waals surface area contributed by atoms with Gasteiger partial charge in [-0.1, -0.05) is 18.2 Å². The van der Waals surface area contributed by atoms with Gasteiger partial charge in [-0.25, -0.2) is 0 Å². The largest absolute Gasteiger partial charge is 0.368 e. The van der Waals surface area contributed by atoms with Crippen molar-refractivity contribution in [2.75, 3.05) is 6.54 Å². The molecule has 2 aromatic rings. The van der Waals surface area contributed by atoms with E-state index in [-0.39, 0.29) is 5.91 Å². The number of nitrogens with zero attached hydrogens (tertiary/aromatic N) is 1. The molecule has 98 valence electrons. The minimum Gasteiger partial charge on any atom is -0.368 e. The van der Waals surface area contributed by atoms with Crippen molar-refractivity contribution in [2.24, 2.45) is 5.73 Å². The van der Waals surface area contributed by atoms with Crippen molar-refractivity contribution in [2.45, 2.75) is 18.9 Å². The van der Waals surface area contributed by atoms with E-state index in [1.165, 1.54) is 0 Å². The number of aromatic amines is 1. The summed E-state index contributed by atoms with van der Waals surface area (Å²) in [5.41, 5.74) is 6.87. The highest BCUT2D eigenvalue weighted by Gasteiger charge is 2.33. The molecule has 1 saturated heterocycles. The summed E-state index contributed by atoms with van der Waals surface area (Å²) in [4.78, 5) is 28.6. The smallest absolute Gasteiger partial charge is 0.256 e. The highest BCUT2D eigenvalue weighted by Crippen LogP contribution is 2.24. The number of para-hydroxylation sites is 1. The summed E-state index contributed by atoms with van der Waals surface area (Å²) in [6.45, 7) is 0.589. The zero-order chi connectivity index (χ0) is 13.4. The topological polar surface area (TPSA) is 79.2 Å². The molecule has 2 amide bonds. The minimum atomic E-state index is -0.471. The first-order valence-corrected chi connectivity index (χ1v) is 6.35. The number of benzene rings is 1. The first-order valence-electron chi connectivity index (χ1n) is 6.35. The predicted molar refractivity (Wildman–Crippen MR) is 71.6 cm³/mol. The number of likely N-dealkylation sites (tertiary alicyclic amines) is 1. The molecular weight excluding hydrogens is 242 g/mol. The molecule has 3 N–H and O–H groups in total. The van der Waals surface area contributed by atoms with Crippen molar-refractivity contribution in [3.05, 3.63) is 36.0 Å². The van der Waals surface area contributed by atoms with E-state index in [0.29, 0.717) is 18.5 Å². The lowest BCUT2D eigenvalue weighted by Crippen LogP contribution is -2.43. The molecule has 0 bridgehead atoms. The van der Waals surface area contributed by atoms with Gasteiger partial charge in [0.25, 0.3) is 5.91 Å². The molecule has 1 aromatic heterocycles. The Morgan fingerprint density at radius 1 is 1.32 bits per heavy atom. The lowest BCUT2D eigenvalue weighted by Gasteiger charge is -2.21. The number of amides is 2. The minimum absolute atomic E-state index is 0.126. The molecule has 1 fully saturated rings. The van der Waals surface area contributed by atoms with Gasteiger partial charge in [-0.15, -0.1) is 0 Å². The Balaban J connectivity index is 1.98. The number of H-pyrrole nitrogens is 1. The number of primary amides is 1. The van der Waals surface area contributed by atoms with Crippen LogP contribution in [0, 0.1) is 0 Å². The second kappa shape index (κ2) is 4.42. The van der Waals surface area contributed by atoms with Crippen molar-refractivity contribution in [1.82, 2.24) is 9.88 Å². The first kappa shape index (κ1) is 11.8. The maximum atomic E-state index is 12.5. The standard InChI is InChI=1S/C14H15N3O2/c15-13(18)12-6-3-7-17(12)14(19)10-8-16-11-5-2-1-4-9(10)11/h1-2,4-5,8,12,16H,3,6-7H2,(H2,15,18). The number of nitrogens with two attached hydrogens (primary N) is 1. The summed E-state index contributed by atoms with van der Waals surface area (Å²) in [5.74, 6) is -0.551. The Morgan fingerprint density at radius 3 is 2.89 bits per heavy atom. The monoisotopic (exact) mass is 257 g/mol. The van der Waals surface area contributed by atoms with E-state index in [1.807, 2.05) is 24.3 Å². The normalized spacial score (nSPS) is 18.9. The third kappa shape index (κ3) is 1.87. The maximum absolute atomic E-state index is 12.5. The van der Waals surface area contributed by atoms with Crippen molar-refractivity contribution >= 4 is 22.7 Å². The fourth-order valence-corrected chi connectivity index (χ4v) is 2.71. The zero-order valence-electron chi connectivity index (χ0n) is 10.4. The number of aromatic nitrogens is 1. The Kier molecular flexibility index (Phi) is 2.74. The van der Waals surface area contributed by atoms with Crippen LogP contribution in [0.25, 0.3) is 10.9 Å². The molecule has 0 radical (unpaired) electrons. The van der Waals surface area contributed by atoms with Gasteiger partial charge in [-0.05, 0) is 18.9 Å². The maximum Gasteiger partial charge on any atom is 0.256 e. The van der Waals surface area contributed by atoms with E-state index in [0.717, 1.165) is 17.3 Å². The molecule has 0 spiro atoms. The van der Waals surface area contributed by atoms with Gasteiger partial charge in [0.05, 0.1) is 5.56 Å². The molecule has 1 unspecified atom stereocenters. The van der Waals surface area contributed by atoms with Gasteiger partial charge in [-0.3, -0.25) is 9.59 Å². The van der Waals surface area contributed by atoms with Gasteiger partial charge >= 0.3 is 0 Å². The number of hydrogen-bond donors (Lipinski definition) is 2. The number of hydrogen-bond acceptors (Lipinski definition) is 2. The van der Waals surface area contributed by atoms with E-state index in [4.69, 9.17) is 5.73 Å². The predicted octanol–water partition coefficient (Wildman–Crippen LogP) is 1.26. The lowest BCUT2D eigenvalue weighted by molar-refractivity contribution is -0.121. The number of fused-ring (bicyclic) bond motifs is 1. The van der Waals surface area contributed by atoms with Gasteiger partial charge in [0.15, 0.2) is 0 Å². The summed E-state index contributed by atoms with van der Waals surface area (Å²) in [6, 6.07) is 7.15. The molecule has 2 heterocycles. The van der Waals surface area contributed by atoms with Crippen LogP contribution in [0.2, 0.25) is 0 Å². The average molecular weight is 257 g/mol. The molecule has 19 heavy (non-hydrogen) atoms. The molecule has 0 saturated carbocycles. The highest BCUT2D eigenvalue weighted by molar-refractivity contribution is 6.07. The molecule has 1 aromatic carbocycles. The first-order chi connectivity index (χ1) is 9.18. The van der Waals surface area contributed by atoms with Crippen LogP contribution in [0.1, 0.15) is 23.2 Å². The van der Waals surface area contributed by atoms with Crippen LogP contribution in [0.15, 0.2) is 30.5 Å². The van der Waals surface area contributed by atoms with Crippen LogP contribution >= 0.6 is 0 Å². The Labute approximate surface area is 110 Å². The Bertz CT molecular complexity index is 647. The van der Waals surface area contributed by atoms with E-state index in [9.17, 15) is 9.59 Å². The second-order valence-corrected chi connectivity index (χ2v) is 4.81. The lowest BCUT2D eigenvalue weighted by atomic mass is 10.1. The molecule has 5 heteroatoms. The fourth-order valence-electron chi connectivity index (χ4n) is 2.71. The fraction of sp³-hybridized carbons (Fsp3) is 0.286. The number of nitrogens with one attached hydrogen (secondary N) is 1. The van der Waals surface area contributed by atoms with Crippen LogP contribution in [-0.2, 0) is 4.79 Å².